The molecule has 0 bridgehead atoms. The first-order valence-electron chi connectivity index (χ1n) is 4.85. The Hall–Kier alpha value is -1.10. The van der Waals surface area contributed by atoms with Crippen LogP contribution in [0.4, 0.5) is 4.79 Å². The highest BCUT2D eigenvalue weighted by Gasteiger charge is 2.37. The average molecular weight is 198 g/mol. The highest BCUT2D eigenvalue weighted by Crippen LogP contribution is 2.19. The van der Waals surface area contributed by atoms with Crippen LogP contribution in [0, 0.1) is 0 Å². The first-order chi connectivity index (χ1) is 6.70. The van der Waals surface area contributed by atoms with Gasteiger partial charge in [0.15, 0.2) is 0 Å². The van der Waals surface area contributed by atoms with E-state index in [-0.39, 0.29) is 24.5 Å². The fourth-order valence-corrected chi connectivity index (χ4v) is 1.90. The number of urea groups is 1. The number of likely N-dealkylation sites (N-methyl/N-ethyl adjacent to an activating group) is 1. The zero-order valence-electron chi connectivity index (χ0n) is 8.23. The smallest absolute Gasteiger partial charge is 0.327 e. The Labute approximate surface area is 82.6 Å². The fraction of sp³-hybridized carbons (Fsp3) is 0.778. The molecule has 0 unspecified atom stereocenters. The molecule has 0 aromatic carbocycles. The number of rotatable bonds is 1. The molecule has 5 heteroatoms. The molecule has 0 aliphatic carbocycles. The van der Waals surface area contributed by atoms with Gasteiger partial charge in [-0.3, -0.25) is 9.69 Å². The molecule has 0 aromatic rings. The van der Waals surface area contributed by atoms with Gasteiger partial charge in [0.1, 0.15) is 6.54 Å². The van der Waals surface area contributed by atoms with Crippen LogP contribution in [0.15, 0.2) is 0 Å². The third kappa shape index (κ3) is 1.48. The quantitative estimate of drug-likeness (QED) is 0.560. The fourth-order valence-electron chi connectivity index (χ4n) is 1.90. The Morgan fingerprint density at radius 1 is 1.29 bits per heavy atom. The van der Waals surface area contributed by atoms with Gasteiger partial charge in [0.05, 0.1) is 0 Å². The number of carbonyl (C=O) groups excluding carboxylic acids is 2. The van der Waals surface area contributed by atoms with Crippen LogP contribution in [0.1, 0.15) is 12.8 Å². The van der Waals surface area contributed by atoms with Crippen molar-refractivity contribution in [1.29, 1.82) is 0 Å². The number of nitrogens with zero attached hydrogens (tertiary/aromatic N) is 2. The summed E-state index contributed by atoms with van der Waals surface area (Å²) < 4.78 is 5.21. The first kappa shape index (κ1) is 9.45. The molecule has 0 spiro atoms. The molecule has 2 heterocycles. The topological polar surface area (TPSA) is 49.9 Å². The maximum Gasteiger partial charge on any atom is 0.327 e. The van der Waals surface area contributed by atoms with Crippen molar-refractivity contribution in [3.63, 3.8) is 0 Å². The van der Waals surface area contributed by atoms with Gasteiger partial charge in [-0.1, -0.05) is 0 Å². The monoisotopic (exact) mass is 198 g/mol. The van der Waals surface area contributed by atoms with Gasteiger partial charge in [0, 0.05) is 26.3 Å². The Morgan fingerprint density at radius 2 is 1.93 bits per heavy atom. The lowest BCUT2D eigenvalue weighted by molar-refractivity contribution is -0.124. The van der Waals surface area contributed by atoms with E-state index in [1.165, 1.54) is 11.9 Å². The summed E-state index contributed by atoms with van der Waals surface area (Å²) in [5.41, 5.74) is 0. The van der Waals surface area contributed by atoms with E-state index in [0.717, 1.165) is 12.8 Å². The van der Waals surface area contributed by atoms with Gasteiger partial charge in [-0.05, 0) is 12.8 Å². The molecule has 3 amide bonds. The summed E-state index contributed by atoms with van der Waals surface area (Å²) in [6.45, 7) is 1.61. The Morgan fingerprint density at radius 3 is 2.43 bits per heavy atom. The molecule has 78 valence electrons. The Kier molecular flexibility index (Phi) is 2.41. The van der Waals surface area contributed by atoms with Crippen LogP contribution in [0.25, 0.3) is 0 Å². The minimum Gasteiger partial charge on any atom is -0.381 e. The van der Waals surface area contributed by atoms with Crippen molar-refractivity contribution in [3.05, 3.63) is 0 Å². The third-order valence-electron chi connectivity index (χ3n) is 2.84. The van der Waals surface area contributed by atoms with Crippen LogP contribution >= 0.6 is 0 Å². The number of ether oxygens (including phenoxy) is 1. The second kappa shape index (κ2) is 3.57. The predicted octanol–water partition coefficient (Wildman–Crippen LogP) is 0.0594. The van der Waals surface area contributed by atoms with Gasteiger partial charge in [-0.15, -0.1) is 0 Å². The Balaban J connectivity index is 2.04. The van der Waals surface area contributed by atoms with E-state index in [9.17, 15) is 9.59 Å². The number of carbonyl (C=O) groups is 2. The summed E-state index contributed by atoms with van der Waals surface area (Å²) in [6.07, 6.45) is 1.68. The van der Waals surface area contributed by atoms with Crippen molar-refractivity contribution in [3.8, 4) is 0 Å². The van der Waals surface area contributed by atoms with Gasteiger partial charge in [0.25, 0.3) is 0 Å². The normalized spacial score (nSPS) is 24.9. The maximum absolute atomic E-state index is 11.6. The van der Waals surface area contributed by atoms with Crippen LogP contribution in [-0.4, -0.2) is 54.6 Å². The van der Waals surface area contributed by atoms with E-state index < -0.39 is 0 Å². The molecule has 2 rings (SSSR count). The van der Waals surface area contributed by atoms with Crippen molar-refractivity contribution in [2.45, 2.75) is 18.9 Å². The van der Waals surface area contributed by atoms with E-state index in [4.69, 9.17) is 4.74 Å². The standard InChI is InChI=1S/C9H14N2O3/c1-10-8(12)6-11(9(10)13)7-2-4-14-5-3-7/h7H,2-6H2,1H3. The van der Waals surface area contributed by atoms with Crippen LogP contribution in [0.5, 0.6) is 0 Å². The lowest BCUT2D eigenvalue weighted by Gasteiger charge is -2.29. The molecule has 2 aliphatic rings. The highest BCUT2D eigenvalue weighted by atomic mass is 16.5. The number of hydrogen-bond acceptors (Lipinski definition) is 3. The molecule has 0 atom stereocenters. The van der Waals surface area contributed by atoms with E-state index in [0.29, 0.717) is 13.2 Å². The maximum atomic E-state index is 11.6. The van der Waals surface area contributed by atoms with Crippen molar-refractivity contribution < 1.29 is 14.3 Å². The molecule has 5 nitrogen and oxygen atoms in total. The summed E-state index contributed by atoms with van der Waals surface area (Å²) in [5, 5.41) is 0. The molecule has 2 aliphatic heterocycles. The Bertz CT molecular complexity index is 261. The van der Waals surface area contributed by atoms with Gasteiger partial charge < -0.3 is 9.64 Å². The second-order valence-corrected chi connectivity index (χ2v) is 3.71. The molecule has 14 heavy (non-hydrogen) atoms. The van der Waals surface area contributed by atoms with Crippen LogP contribution in [0.2, 0.25) is 0 Å². The average Bonchev–Trinajstić information content (AvgIpc) is 2.47. The van der Waals surface area contributed by atoms with Gasteiger partial charge in [-0.25, -0.2) is 4.79 Å². The second-order valence-electron chi connectivity index (χ2n) is 3.71. The van der Waals surface area contributed by atoms with Crippen molar-refractivity contribution in [2.75, 3.05) is 26.8 Å². The molecule has 2 saturated heterocycles. The molecular weight excluding hydrogens is 184 g/mol. The lowest BCUT2D eigenvalue weighted by atomic mass is 10.1. The van der Waals surface area contributed by atoms with Crippen LogP contribution in [-0.2, 0) is 9.53 Å². The summed E-state index contributed by atoms with van der Waals surface area (Å²) in [4.78, 5) is 25.7. The molecule has 2 fully saturated rings. The van der Waals surface area contributed by atoms with Crippen molar-refractivity contribution in [2.24, 2.45) is 0 Å². The number of hydrogen-bond donors (Lipinski definition) is 0. The van der Waals surface area contributed by atoms with Gasteiger partial charge >= 0.3 is 6.03 Å². The number of imide groups is 1. The summed E-state index contributed by atoms with van der Waals surface area (Å²) in [6, 6.07) is 0.0204. The molecule has 0 N–H and O–H groups in total. The lowest BCUT2D eigenvalue weighted by Crippen LogP contribution is -2.41. The third-order valence-corrected chi connectivity index (χ3v) is 2.84. The SMILES string of the molecule is CN1C(=O)CN(C2CCOCC2)C1=O. The van der Waals surface area contributed by atoms with Crippen molar-refractivity contribution >= 4 is 11.9 Å². The predicted molar refractivity (Wildman–Crippen MR) is 48.7 cm³/mol. The van der Waals surface area contributed by atoms with Crippen LogP contribution in [0.3, 0.4) is 0 Å². The summed E-state index contributed by atoms with van der Waals surface area (Å²) in [7, 11) is 1.53. The molecule has 0 saturated carbocycles. The molecule has 0 radical (unpaired) electrons. The first-order valence-corrected chi connectivity index (χ1v) is 4.85. The van der Waals surface area contributed by atoms with Gasteiger partial charge in [-0.2, -0.15) is 0 Å². The zero-order chi connectivity index (χ0) is 10.1. The number of amides is 3. The summed E-state index contributed by atoms with van der Waals surface area (Å²) >= 11 is 0. The molecule has 0 aromatic heterocycles. The minimum absolute atomic E-state index is 0.110. The van der Waals surface area contributed by atoms with E-state index in [1.807, 2.05) is 0 Å². The van der Waals surface area contributed by atoms with Gasteiger partial charge in [0.2, 0.25) is 5.91 Å². The molecular formula is C9H14N2O3. The minimum atomic E-state index is -0.165. The zero-order valence-corrected chi connectivity index (χ0v) is 8.23. The van der Waals surface area contributed by atoms with Crippen molar-refractivity contribution in [1.82, 2.24) is 9.80 Å². The highest BCUT2D eigenvalue weighted by molar-refractivity contribution is 6.01. The van der Waals surface area contributed by atoms with Crippen LogP contribution < -0.4 is 0 Å². The van der Waals surface area contributed by atoms with E-state index in [1.54, 1.807) is 4.90 Å². The van der Waals surface area contributed by atoms with E-state index >= 15 is 0 Å². The largest absolute Gasteiger partial charge is 0.381 e. The summed E-state index contributed by atoms with van der Waals surface area (Å²) in [5.74, 6) is -0.110. The van der Waals surface area contributed by atoms with E-state index in [2.05, 4.69) is 0 Å².